The minimum Gasteiger partial charge on any atom is -0.497 e. The molecule has 1 aliphatic heterocycles. The van der Waals surface area contributed by atoms with Crippen molar-refractivity contribution in [3.63, 3.8) is 0 Å². The Morgan fingerprint density at radius 1 is 1.21 bits per heavy atom. The number of aromatic nitrogens is 1. The van der Waals surface area contributed by atoms with E-state index < -0.39 is 0 Å². The van der Waals surface area contributed by atoms with Crippen molar-refractivity contribution in [2.24, 2.45) is 0 Å². The Hall–Kier alpha value is -2.48. The van der Waals surface area contributed by atoms with E-state index in [1.54, 1.807) is 18.4 Å². The van der Waals surface area contributed by atoms with Crippen LogP contribution in [0.5, 0.6) is 5.75 Å². The van der Waals surface area contributed by atoms with Crippen molar-refractivity contribution >= 4 is 32.6 Å². The summed E-state index contributed by atoms with van der Waals surface area (Å²) in [7, 11) is 1.65. The van der Waals surface area contributed by atoms with E-state index in [0.29, 0.717) is 13.0 Å². The van der Waals surface area contributed by atoms with Crippen molar-refractivity contribution in [2.75, 3.05) is 51.4 Å². The second-order valence-corrected chi connectivity index (χ2v) is 8.16. The Bertz CT molecular complexity index is 954. The van der Waals surface area contributed by atoms with Gasteiger partial charge in [-0.1, -0.05) is 41.7 Å². The third-order valence-corrected chi connectivity index (χ3v) is 6.26. The highest BCUT2D eigenvalue weighted by atomic mass is 32.1. The number of methoxy groups -OCH3 is 1. The van der Waals surface area contributed by atoms with Crippen LogP contribution in [0.25, 0.3) is 10.2 Å². The highest BCUT2D eigenvalue weighted by Crippen LogP contribution is 2.31. The second-order valence-electron chi connectivity index (χ2n) is 7.15. The number of morpholine rings is 1. The number of fused-ring (bicyclic) bond motifs is 1. The Labute approximate surface area is 174 Å². The average Bonchev–Trinajstić information content (AvgIpc) is 3.18. The van der Waals surface area contributed by atoms with E-state index in [9.17, 15) is 4.79 Å². The van der Waals surface area contributed by atoms with Gasteiger partial charge in [0.15, 0.2) is 5.13 Å². The summed E-state index contributed by atoms with van der Waals surface area (Å²) < 4.78 is 11.8. The molecular weight excluding hydrogens is 386 g/mol. The number of quaternary nitrogens is 1. The molecule has 0 spiro atoms. The van der Waals surface area contributed by atoms with Crippen LogP contribution in [0.4, 0.5) is 5.13 Å². The number of hydrogen-bond acceptors (Lipinski definition) is 5. The molecule has 1 aromatic heterocycles. The van der Waals surface area contributed by atoms with Gasteiger partial charge >= 0.3 is 0 Å². The first-order valence-electron chi connectivity index (χ1n) is 9.93. The molecule has 152 valence electrons. The molecule has 0 aliphatic carbocycles. The fourth-order valence-electron chi connectivity index (χ4n) is 3.51. The molecule has 0 saturated carbocycles. The van der Waals surface area contributed by atoms with Crippen molar-refractivity contribution in [2.45, 2.75) is 6.42 Å². The maximum atomic E-state index is 13.2. The van der Waals surface area contributed by atoms with E-state index in [-0.39, 0.29) is 5.91 Å². The van der Waals surface area contributed by atoms with E-state index in [0.717, 1.165) is 59.5 Å². The third-order valence-electron chi connectivity index (χ3n) is 5.20. The Kier molecular flexibility index (Phi) is 6.39. The normalized spacial score (nSPS) is 14.8. The van der Waals surface area contributed by atoms with Gasteiger partial charge in [-0.25, -0.2) is 4.98 Å². The molecule has 2 aromatic carbocycles. The maximum absolute atomic E-state index is 13.2. The van der Waals surface area contributed by atoms with E-state index in [2.05, 4.69) is 0 Å². The van der Waals surface area contributed by atoms with Crippen LogP contribution in [0.15, 0.2) is 48.5 Å². The summed E-state index contributed by atoms with van der Waals surface area (Å²) in [5, 5.41) is 0.752. The van der Waals surface area contributed by atoms with Gasteiger partial charge in [-0.3, -0.25) is 9.69 Å². The average molecular weight is 413 g/mol. The van der Waals surface area contributed by atoms with Crippen molar-refractivity contribution in [3.05, 3.63) is 54.1 Å². The highest BCUT2D eigenvalue weighted by molar-refractivity contribution is 7.22. The Balaban J connectivity index is 1.57. The Morgan fingerprint density at radius 2 is 2.00 bits per heavy atom. The van der Waals surface area contributed by atoms with Crippen LogP contribution < -0.4 is 14.5 Å². The zero-order valence-corrected chi connectivity index (χ0v) is 17.4. The van der Waals surface area contributed by atoms with Gasteiger partial charge in [0.05, 0.1) is 50.1 Å². The van der Waals surface area contributed by atoms with Crippen LogP contribution >= 0.6 is 11.3 Å². The number of thiazole rings is 1. The Morgan fingerprint density at radius 3 is 2.76 bits per heavy atom. The molecule has 0 atom stereocenters. The lowest BCUT2D eigenvalue weighted by Crippen LogP contribution is -3.14. The number of carbonyl (C=O) groups excluding carboxylic acids is 1. The minimum absolute atomic E-state index is 0.0786. The molecule has 4 rings (SSSR count). The molecule has 7 heteroatoms. The number of nitrogens with zero attached hydrogens (tertiary/aromatic N) is 2. The van der Waals surface area contributed by atoms with Gasteiger partial charge in [-0.05, 0) is 17.7 Å². The second kappa shape index (κ2) is 9.35. The molecule has 3 aromatic rings. The molecular formula is C22H26N3O3S+. The zero-order chi connectivity index (χ0) is 20.1. The number of rotatable bonds is 7. The van der Waals surface area contributed by atoms with Gasteiger partial charge in [-0.15, -0.1) is 0 Å². The zero-order valence-electron chi connectivity index (χ0n) is 16.6. The number of amides is 1. The molecule has 1 amide bonds. The van der Waals surface area contributed by atoms with E-state index in [4.69, 9.17) is 14.5 Å². The van der Waals surface area contributed by atoms with Crippen molar-refractivity contribution < 1.29 is 19.2 Å². The van der Waals surface area contributed by atoms with Gasteiger partial charge in [0.25, 0.3) is 0 Å². The first kappa shape index (κ1) is 19.8. The van der Waals surface area contributed by atoms with Crippen molar-refractivity contribution in [1.29, 1.82) is 0 Å². The fraction of sp³-hybridized carbons (Fsp3) is 0.364. The molecule has 29 heavy (non-hydrogen) atoms. The number of hydrogen-bond donors (Lipinski definition) is 1. The van der Waals surface area contributed by atoms with E-state index in [1.165, 1.54) is 4.90 Å². The number of anilines is 1. The topological polar surface area (TPSA) is 56.1 Å². The van der Waals surface area contributed by atoms with Crippen molar-refractivity contribution in [3.8, 4) is 5.75 Å². The molecule has 1 N–H and O–H groups in total. The lowest BCUT2D eigenvalue weighted by Gasteiger charge is -2.27. The quantitative estimate of drug-likeness (QED) is 0.643. The predicted octanol–water partition coefficient (Wildman–Crippen LogP) is 1.80. The first-order chi connectivity index (χ1) is 14.2. The summed E-state index contributed by atoms with van der Waals surface area (Å²) in [4.78, 5) is 21.3. The van der Waals surface area contributed by atoms with Gasteiger partial charge in [0.1, 0.15) is 18.8 Å². The summed E-state index contributed by atoms with van der Waals surface area (Å²) >= 11 is 1.55. The van der Waals surface area contributed by atoms with Crippen LogP contribution in [0.3, 0.4) is 0 Å². The molecule has 1 fully saturated rings. The summed E-state index contributed by atoms with van der Waals surface area (Å²) in [5.41, 5.74) is 1.88. The van der Waals surface area contributed by atoms with Crippen LogP contribution in [0, 0.1) is 0 Å². The summed E-state index contributed by atoms with van der Waals surface area (Å²) in [6, 6.07) is 15.7. The summed E-state index contributed by atoms with van der Waals surface area (Å²) in [6.07, 6.45) is 0.374. The summed E-state index contributed by atoms with van der Waals surface area (Å²) in [5.74, 6) is 0.851. The number of nitrogens with one attached hydrogen (secondary N) is 1. The maximum Gasteiger partial charge on any atom is 0.233 e. The fourth-order valence-corrected chi connectivity index (χ4v) is 4.50. The molecule has 0 unspecified atom stereocenters. The van der Waals surface area contributed by atoms with Crippen LogP contribution in [0.1, 0.15) is 5.56 Å². The van der Waals surface area contributed by atoms with Crippen LogP contribution in [-0.4, -0.2) is 57.4 Å². The van der Waals surface area contributed by atoms with Gasteiger partial charge in [-0.2, -0.15) is 0 Å². The molecule has 6 nitrogen and oxygen atoms in total. The van der Waals surface area contributed by atoms with Gasteiger partial charge < -0.3 is 14.4 Å². The molecule has 2 heterocycles. The van der Waals surface area contributed by atoms with E-state index in [1.807, 2.05) is 53.4 Å². The van der Waals surface area contributed by atoms with E-state index >= 15 is 0 Å². The number of ether oxygens (including phenoxy) is 2. The standard InChI is InChI=1S/C22H25N3O3S/c1-27-18-7-8-20-19(16-18)23-22(29-20)25(10-9-24-11-13-28-14-12-24)21(26)15-17-5-3-2-4-6-17/h2-8,16H,9-15H2,1H3/p+1. The molecule has 1 aliphatic rings. The van der Waals surface area contributed by atoms with Gasteiger partial charge in [0, 0.05) is 6.07 Å². The lowest BCUT2D eigenvalue weighted by molar-refractivity contribution is -0.906. The lowest BCUT2D eigenvalue weighted by atomic mass is 10.1. The predicted molar refractivity (Wildman–Crippen MR) is 115 cm³/mol. The van der Waals surface area contributed by atoms with Crippen LogP contribution in [0.2, 0.25) is 0 Å². The van der Waals surface area contributed by atoms with Gasteiger partial charge in [0.2, 0.25) is 5.91 Å². The smallest absolute Gasteiger partial charge is 0.233 e. The van der Waals surface area contributed by atoms with Crippen molar-refractivity contribution in [1.82, 2.24) is 4.98 Å². The monoisotopic (exact) mass is 412 g/mol. The minimum atomic E-state index is 0.0786. The molecule has 1 saturated heterocycles. The molecule has 0 bridgehead atoms. The van der Waals surface area contributed by atoms with Crippen LogP contribution in [-0.2, 0) is 16.0 Å². The largest absolute Gasteiger partial charge is 0.497 e. The highest BCUT2D eigenvalue weighted by Gasteiger charge is 2.23. The molecule has 0 radical (unpaired) electrons. The number of benzene rings is 2. The third kappa shape index (κ3) is 4.93. The SMILES string of the molecule is COc1ccc2sc(N(CC[NH+]3CCOCC3)C(=O)Cc3ccccc3)nc2c1. The summed E-state index contributed by atoms with van der Waals surface area (Å²) in [6.45, 7) is 5.08. The number of carbonyl (C=O) groups is 1. The first-order valence-corrected chi connectivity index (χ1v) is 10.7.